The Hall–Kier alpha value is -1.58. The van der Waals surface area contributed by atoms with Crippen molar-refractivity contribution in [3.8, 4) is 0 Å². The first kappa shape index (κ1) is 20.3. The van der Waals surface area contributed by atoms with Gasteiger partial charge in [-0.25, -0.2) is 0 Å². The summed E-state index contributed by atoms with van der Waals surface area (Å²) in [6, 6.07) is 3.91. The molecule has 4 saturated heterocycles. The number of carbonyl (C=O) groups excluding carboxylic acids is 1. The van der Waals surface area contributed by atoms with Crippen LogP contribution in [0.1, 0.15) is 58.6 Å². The van der Waals surface area contributed by atoms with Gasteiger partial charge in [0.25, 0.3) is 5.91 Å². The van der Waals surface area contributed by atoms with E-state index in [1.165, 1.54) is 0 Å². The summed E-state index contributed by atoms with van der Waals surface area (Å²) in [5, 5.41) is 0. The fourth-order valence-corrected chi connectivity index (χ4v) is 5.09. The molecule has 30 heavy (non-hydrogen) atoms. The predicted molar refractivity (Wildman–Crippen MR) is 105 cm³/mol. The standard InChI is InChI=1S/C22H30N2O6/c1-21(2)27-15-16(28-21)18-20(30-22(3,4)29-18)26-17(15)19(25)24-11-6-5-9-14(24)13-8-7-10-23-12-13/h7-8,10,12,14-18,20H,5-6,9,11H2,1-4H3/t14-,15-,16+,17-,18-,20-/m1/s1. The van der Waals surface area contributed by atoms with Crippen LogP contribution in [0.5, 0.6) is 0 Å². The maximum atomic E-state index is 13.8. The van der Waals surface area contributed by atoms with Crippen LogP contribution in [0.4, 0.5) is 0 Å². The number of likely N-dealkylation sites (tertiary alicyclic amines) is 1. The van der Waals surface area contributed by atoms with Gasteiger partial charge < -0.3 is 28.6 Å². The highest BCUT2D eigenvalue weighted by molar-refractivity contribution is 5.82. The zero-order valence-electron chi connectivity index (χ0n) is 17.9. The molecule has 0 spiro atoms. The number of aromatic nitrogens is 1. The third-order valence-electron chi connectivity index (χ3n) is 6.25. The largest absolute Gasteiger partial charge is 0.342 e. The SMILES string of the molecule is CC1(C)O[C@H]2[C@@H](O1)[C@H](C(=O)N1CCCC[C@@H]1c1cccnc1)O[C@@H]1OC(C)(C)O[C@@H]12. The molecule has 5 heterocycles. The van der Waals surface area contributed by atoms with E-state index in [1.54, 1.807) is 6.20 Å². The molecule has 4 aliphatic rings. The Morgan fingerprint density at radius 3 is 2.53 bits per heavy atom. The van der Waals surface area contributed by atoms with Crippen LogP contribution < -0.4 is 0 Å². The number of carbonyl (C=O) groups is 1. The summed E-state index contributed by atoms with van der Waals surface area (Å²) < 4.78 is 30.5. The Bertz CT molecular complexity index is 800. The Labute approximate surface area is 176 Å². The van der Waals surface area contributed by atoms with Crippen LogP contribution in [0.15, 0.2) is 24.5 Å². The zero-order chi connectivity index (χ0) is 21.1. The van der Waals surface area contributed by atoms with Gasteiger partial charge in [0.05, 0.1) is 6.04 Å². The van der Waals surface area contributed by atoms with Gasteiger partial charge in [-0.05, 0) is 58.6 Å². The number of hydrogen-bond acceptors (Lipinski definition) is 7. The van der Waals surface area contributed by atoms with E-state index in [0.717, 1.165) is 24.8 Å². The van der Waals surface area contributed by atoms with E-state index in [-0.39, 0.29) is 11.9 Å². The first-order chi connectivity index (χ1) is 14.2. The Morgan fingerprint density at radius 2 is 1.77 bits per heavy atom. The van der Waals surface area contributed by atoms with Crippen molar-refractivity contribution in [1.82, 2.24) is 9.88 Å². The van der Waals surface area contributed by atoms with E-state index < -0.39 is 42.3 Å². The van der Waals surface area contributed by atoms with E-state index in [2.05, 4.69) is 4.98 Å². The smallest absolute Gasteiger partial charge is 0.255 e. The molecule has 8 nitrogen and oxygen atoms in total. The highest BCUT2D eigenvalue weighted by atomic mass is 16.9. The van der Waals surface area contributed by atoms with Crippen molar-refractivity contribution < 1.29 is 28.5 Å². The Balaban J connectivity index is 1.44. The molecule has 0 bridgehead atoms. The lowest BCUT2D eigenvalue weighted by molar-refractivity contribution is -0.235. The molecule has 1 aromatic heterocycles. The molecule has 164 valence electrons. The molecule has 4 aliphatic heterocycles. The van der Waals surface area contributed by atoms with Crippen LogP contribution in [0, 0.1) is 0 Å². The van der Waals surface area contributed by atoms with Crippen molar-refractivity contribution in [3.05, 3.63) is 30.1 Å². The molecular formula is C22H30N2O6. The number of ether oxygens (including phenoxy) is 5. The zero-order valence-corrected chi connectivity index (χ0v) is 17.9. The first-order valence-corrected chi connectivity index (χ1v) is 10.8. The summed E-state index contributed by atoms with van der Waals surface area (Å²) in [6.45, 7) is 8.05. The van der Waals surface area contributed by atoms with E-state index in [0.29, 0.717) is 6.54 Å². The van der Waals surface area contributed by atoms with Gasteiger partial charge in [-0.15, -0.1) is 0 Å². The summed E-state index contributed by atoms with van der Waals surface area (Å²) in [5.74, 6) is -1.73. The van der Waals surface area contributed by atoms with Gasteiger partial charge in [0, 0.05) is 18.9 Å². The van der Waals surface area contributed by atoms with Crippen LogP contribution in [-0.4, -0.2) is 64.6 Å². The fraction of sp³-hybridized carbons (Fsp3) is 0.727. The number of nitrogens with zero attached hydrogens (tertiary/aromatic N) is 2. The lowest BCUT2D eigenvalue weighted by Crippen LogP contribution is -2.60. The second-order valence-corrected chi connectivity index (χ2v) is 9.42. The number of fused-ring (bicyclic) bond motifs is 3. The van der Waals surface area contributed by atoms with E-state index in [9.17, 15) is 4.79 Å². The van der Waals surface area contributed by atoms with Gasteiger partial charge >= 0.3 is 0 Å². The van der Waals surface area contributed by atoms with Gasteiger partial charge in [0.1, 0.15) is 18.3 Å². The van der Waals surface area contributed by atoms with Gasteiger partial charge in [0.2, 0.25) is 0 Å². The highest BCUT2D eigenvalue weighted by Crippen LogP contribution is 2.45. The van der Waals surface area contributed by atoms with Gasteiger partial charge in [-0.1, -0.05) is 6.07 Å². The molecule has 1 amide bonds. The quantitative estimate of drug-likeness (QED) is 0.730. The minimum Gasteiger partial charge on any atom is -0.342 e. The fourth-order valence-electron chi connectivity index (χ4n) is 5.09. The monoisotopic (exact) mass is 418 g/mol. The van der Waals surface area contributed by atoms with Gasteiger partial charge in [-0.2, -0.15) is 0 Å². The van der Waals surface area contributed by atoms with Crippen LogP contribution >= 0.6 is 0 Å². The second kappa shape index (κ2) is 7.24. The van der Waals surface area contributed by atoms with Gasteiger partial charge in [-0.3, -0.25) is 9.78 Å². The third-order valence-corrected chi connectivity index (χ3v) is 6.25. The molecule has 1 aromatic rings. The molecule has 5 rings (SSSR count). The molecule has 6 atom stereocenters. The number of piperidine rings is 1. The predicted octanol–water partition coefficient (Wildman–Crippen LogP) is 2.53. The van der Waals surface area contributed by atoms with Crippen molar-refractivity contribution in [2.45, 2.75) is 95.3 Å². The number of hydrogen-bond donors (Lipinski definition) is 0. The van der Waals surface area contributed by atoms with E-state index in [4.69, 9.17) is 23.7 Å². The minimum atomic E-state index is -0.827. The van der Waals surface area contributed by atoms with Crippen LogP contribution in [-0.2, 0) is 28.5 Å². The summed E-state index contributed by atoms with van der Waals surface area (Å²) in [4.78, 5) is 20.0. The van der Waals surface area contributed by atoms with Crippen LogP contribution in [0.25, 0.3) is 0 Å². The summed E-state index contributed by atoms with van der Waals surface area (Å²) in [5.41, 5.74) is 1.04. The molecule has 0 radical (unpaired) electrons. The Kier molecular flexibility index (Phi) is 4.91. The summed E-state index contributed by atoms with van der Waals surface area (Å²) >= 11 is 0. The third kappa shape index (κ3) is 3.54. The lowest BCUT2D eigenvalue weighted by Gasteiger charge is -2.42. The molecule has 0 aromatic carbocycles. The second-order valence-electron chi connectivity index (χ2n) is 9.42. The summed E-state index contributed by atoms with van der Waals surface area (Å²) in [7, 11) is 0. The molecular weight excluding hydrogens is 388 g/mol. The first-order valence-electron chi connectivity index (χ1n) is 10.8. The molecule has 4 fully saturated rings. The maximum Gasteiger partial charge on any atom is 0.255 e. The highest BCUT2D eigenvalue weighted by Gasteiger charge is 2.62. The Morgan fingerprint density at radius 1 is 1.03 bits per heavy atom. The summed E-state index contributed by atoms with van der Waals surface area (Å²) in [6.07, 6.45) is 3.62. The van der Waals surface area contributed by atoms with E-state index >= 15 is 0 Å². The van der Waals surface area contributed by atoms with Crippen molar-refractivity contribution in [2.24, 2.45) is 0 Å². The van der Waals surface area contributed by atoms with Crippen LogP contribution in [0.3, 0.4) is 0 Å². The maximum absolute atomic E-state index is 13.8. The lowest BCUT2D eigenvalue weighted by atomic mass is 9.93. The molecule has 0 unspecified atom stereocenters. The molecule has 0 aliphatic carbocycles. The van der Waals surface area contributed by atoms with Crippen LogP contribution in [0.2, 0.25) is 0 Å². The normalized spacial score (nSPS) is 39.4. The van der Waals surface area contributed by atoms with Gasteiger partial charge in [0.15, 0.2) is 24.0 Å². The van der Waals surface area contributed by atoms with Crippen molar-refractivity contribution in [1.29, 1.82) is 0 Å². The minimum absolute atomic E-state index is 0.0211. The van der Waals surface area contributed by atoms with Crippen molar-refractivity contribution >= 4 is 5.91 Å². The average Bonchev–Trinajstić information content (AvgIpc) is 3.21. The van der Waals surface area contributed by atoms with Crippen molar-refractivity contribution in [2.75, 3.05) is 6.54 Å². The average molecular weight is 418 g/mol. The van der Waals surface area contributed by atoms with E-state index in [1.807, 2.05) is 50.9 Å². The topological polar surface area (TPSA) is 79.4 Å². The molecule has 0 saturated carbocycles. The number of amides is 1. The molecule has 0 N–H and O–H groups in total. The number of pyridine rings is 1. The molecule has 8 heteroatoms. The van der Waals surface area contributed by atoms with Crippen molar-refractivity contribution in [3.63, 3.8) is 0 Å². The number of rotatable bonds is 2.